The summed E-state index contributed by atoms with van der Waals surface area (Å²) in [5.74, 6) is -0.157. The molecule has 0 radical (unpaired) electrons. The number of carbonyl (C=O) groups is 2. The molecule has 27 heavy (non-hydrogen) atoms. The number of hydrogen-bond donors (Lipinski definition) is 0. The predicted molar refractivity (Wildman–Crippen MR) is 105 cm³/mol. The Balaban J connectivity index is 1.81. The lowest BCUT2D eigenvalue weighted by molar-refractivity contribution is -0.121. The number of benzene rings is 1. The van der Waals surface area contributed by atoms with Gasteiger partial charge in [-0.05, 0) is 25.0 Å². The van der Waals surface area contributed by atoms with E-state index in [4.69, 9.17) is 5.26 Å². The van der Waals surface area contributed by atoms with Gasteiger partial charge < -0.3 is 4.90 Å². The Morgan fingerprint density at radius 3 is 2.81 bits per heavy atom. The zero-order valence-corrected chi connectivity index (χ0v) is 16.4. The van der Waals surface area contributed by atoms with Gasteiger partial charge in [0.2, 0.25) is 5.91 Å². The first-order valence-corrected chi connectivity index (χ1v) is 9.54. The van der Waals surface area contributed by atoms with Crippen molar-refractivity contribution in [2.24, 2.45) is 0 Å². The van der Waals surface area contributed by atoms with E-state index in [2.05, 4.69) is 11.2 Å². The second-order valence-electron chi connectivity index (χ2n) is 6.49. The molecule has 1 fully saturated rings. The normalized spacial score (nSPS) is 16.1. The molecule has 0 unspecified atom stereocenters. The molecule has 1 saturated heterocycles. The van der Waals surface area contributed by atoms with Gasteiger partial charge in [0.05, 0.1) is 5.69 Å². The Morgan fingerprint density at radius 1 is 1.33 bits per heavy atom. The highest BCUT2D eigenvalue weighted by Crippen LogP contribution is 2.30. The highest BCUT2D eigenvalue weighted by Gasteiger charge is 2.33. The van der Waals surface area contributed by atoms with E-state index in [0.717, 1.165) is 23.4 Å². The van der Waals surface area contributed by atoms with Gasteiger partial charge in [0.15, 0.2) is 11.3 Å². The van der Waals surface area contributed by atoms with Crippen molar-refractivity contribution < 1.29 is 9.59 Å². The van der Waals surface area contributed by atoms with E-state index in [0.29, 0.717) is 18.1 Å². The molecule has 2 aromatic rings. The molecule has 1 aromatic heterocycles. The number of likely N-dealkylation sites (N-methyl/N-ethyl adjacent to an activating group) is 1. The molecule has 2 heterocycles. The minimum absolute atomic E-state index is 0.0462. The first-order valence-electron chi connectivity index (χ1n) is 8.66. The molecule has 7 nitrogen and oxygen atoms in total. The largest absolute Gasteiger partial charge is 0.316 e. The smallest absolute Gasteiger partial charge is 0.251 e. The fraction of sp³-hybridized carbons (Fsp3) is 0.368. The van der Waals surface area contributed by atoms with Crippen molar-refractivity contribution in [3.05, 3.63) is 29.6 Å². The zero-order valence-electron chi connectivity index (χ0n) is 15.5. The van der Waals surface area contributed by atoms with Gasteiger partial charge in [-0.1, -0.05) is 12.1 Å². The molecule has 0 N–H and O–H groups in total. The lowest BCUT2D eigenvalue weighted by atomic mass is 10.1. The van der Waals surface area contributed by atoms with Crippen LogP contribution in [0.4, 0.5) is 10.8 Å². The van der Waals surface area contributed by atoms with E-state index >= 15 is 0 Å². The van der Waals surface area contributed by atoms with Gasteiger partial charge in [-0.15, -0.1) is 11.3 Å². The molecule has 2 amide bonds. The first-order chi connectivity index (χ1) is 12.9. The van der Waals surface area contributed by atoms with Crippen LogP contribution in [0.1, 0.15) is 19.8 Å². The number of rotatable bonds is 4. The average Bonchev–Trinajstić information content (AvgIpc) is 3.35. The highest BCUT2D eigenvalue weighted by atomic mass is 32.1. The third-order valence-electron chi connectivity index (χ3n) is 4.78. The number of nitrogens with zero attached hydrogens (tertiary/aromatic N) is 5. The van der Waals surface area contributed by atoms with Crippen LogP contribution in [0.3, 0.4) is 0 Å². The lowest BCUT2D eigenvalue weighted by Gasteiger charge is -2.22. The number of thiazole rings is 1. The fourth-order valence-corrected chi connectivity index (χ4v) is 3.87. The van der Waals surface area contributed by atoms with Gasteiger partial charge in [0, 0.05) is 44.2 Å². The van der Waals surface area contributed by atoms with Gasteiger partial charge in [0.1, 0.15) is 6.04 Å². The Bertz CT molecular complexity index is 904. The van der Waals surface area contributed by atoms with E-state index < -0.39 is 6.04 Å². The van der Waals surface area contributed by atoms with Crippen LogP contribution >= 0.6 is 11.3 Å². The summed E-state index contributed by atoms with van der Waals surface area (Å²) in [6, 6.07) is 7.16. The highest BCUT2D eigenvalue weighted by molar-refractivity contribution is 7.14. The standard InChI is InChI=1S/C19H21N5O2S/c1-13(25)22(2)15-7-4-6-14(10-15)16-11-27-19(21-16)23(3)18(26)17-8-5-9-24(17)12-20/h4,6-7,10-11,17H,5,8-9H2,1-3H3/t17-/m0/s1. The quantitative estimate of drug-likeness (QED) is 0.759. The molecule has 0 aliphatic carbocycles. The number of amides is 2. The Labute approximate surface area is 162 Å². The number of anilines is 2. The van der Waals surface area contributed by atoms with Crippen LogP contribution in [0.2, 0.25) is 0 Å². The number of nitriles is 1. The van der Waals surface area contributed by atoms with Crippen molar-refractivity contribution in [2.75, 3.05) is 30.4 Å². The Hall–Kier alpha value is -2.92. The minimum atomic E-state index is -0.403. The van der Waals surface area contributed by atoms with Gasteiger partial charge in [-0.2, -0.15) is 5.26 Å². The van der Waals surface area contributed by atoms with Gasteiger partial charge in [-0.3, -0.25) is 19.4 Å². The van der Waals surface area contributed by atoms with Gasteiger partial charge in [0.25, 0.3) is 5.91 Å². The summed E-state index contributed by atoms with van der Waals surface area (Å²) in [5.41, 5.74) is 2.41. The van der Waals surface area contributed by atoms with Crippen molar-refractivity contribution in [2.45, 2.75) is 25.8 Å². The maximum Gasteiger partial charge on any atom is 0.251 e. The zero-order chi connectivity index (χ0) is 19.6. The molecule has 8 heteroatoms. The molecule has 0 spiro atoms. The SMILES string of the molecule is CC(=O)N(C)c1cccc(-c2csc(N(C)C(=O)[C@@H]3CCCN3C#N)n2)c1. The van der Waals surface area contributed by atoms with Crippen LogP contribution in [0, 0.1) is 11.5 Å². The van der Waals surface area contributed by atoms with Crippen LogP contribution in [0.25, 0.3) is 11.3 Å². The van der Waals surface area contributed by atoms with Crippen LogP contribution in [0.5, 0.6) is 0 Å². The summed E-state index contributed by atoms with van der Waals surface area (Å²) >= 11 is 1.38. The summed E-state index contributed by atoms with van der Waals surface area (Å²) in [7, 11) is 3.42. The maximum absolute atomic E-state index is 12.7. The lowest BCUT2D eigenvalue weighted by Crippen LogP contribution is -2.42. The molecule has 0 saturated carbocycles. The number of carbonyl (C=O) groups excluding carboxylic acids is 2. The summed E-state index contributed by atoms with van der Waals surface area (Å²) < 4.78 is 0. The summed E-state index contributed by atoms with van der Waals surface area (Å²) in [4.78, 5) is 33.5. The van der Waals surface area contributed by atoms with Crippen molar-refractivity contribution in [3.8, 4) is 17.5 Å². The van der Waals surface area contributed by atoms with Gasteiger partial charge in [-0.25, -0.2) is 4.98 Å². The van der Waals surface area contributed by atoms with E-state index in [1.54, 1.807) is 19.0 Å². The topological polar surface area (TPSA) is 80.5 Å². The molecule has 3 rings (SSSR count). The van der Waals surface area contributed by atoms with E-state index in [9.17, 15) is 9.59 Å². The Morgan fingerprint density at radius 2 is 2.11 bits per heavy atom. The molecule has 1 atom stereocenters. The van der Waals surface area contributed by atoms with Crippen molar-refractivity contribution >= 4 is 34.0 Å². The van der Waals surface area contributed by atoms with E-state index in [1.807, 2.05) is 29.6 Å². The number of hydrogen-bond acceptors (Lipinski definition) is 6. The molecule has 1 aliphatic rings. The number of aromatic nitrogens is 1. The third kappa shape index (κ3) is 3.78. The third-order valence-corrected chi connectivity index (χ3v) is 5.69. The van der Waals surface area contributed by atoms with E-state index in [1.165, 1.54) is 28.1 Å². The molecular formula is C19H21N5O2S. The van der Waals surface area contributed by atoms with Gasteiger partial charge >= 0.3 is 0 Å². The monoisotopic (exact) mass is 383 g/mol. The van der Waals surface area contributed by atoms with Crippen LogP contribution in [-0.2, 0) is 9.59 Å². The van der Waals surface area contributed by atoms with Crippen LogP contribution < -0.4 is 9.80 Å². The van der Waals surface area contributed by atoms with Crippen molar-refractivity contribution in [1.29, 1.82) is 5.26 Å². The second kappa shape index (κ2) is 7.76. The van der Waals surface area contributed by atoms with Crippen molar-refractivity contribution in [3.63, 3.8) is 0 Å². The molecule has 1 aliphatic heterocycles. The average molecular weight is 383 g/mol. The summed E-state index contributed by atoms with van der Waals surface area (Å²) in [6.07, 6.45) is 3.63. The second-order valence-corrected chi connectivity index (χ2v) is 7.33. The molecule has 140 valence electrons. The molecule has 0 bridgehead atoms. The number of likely N-dealkylation sites (tertiary alicyclic amines) is 1. The fourth-order valence-electron chi connectivity index (χ4n) is 3.07. The Kier molecular flexibility index (Phi) is 5.42. The van der Waals surface area contributed by atoms with Crippen LogP contribution in [-0.4, -0.2) is 48.4 Å². The molecule has 1 aromatic carbocycles. The maximum atomic E-state index is 12.7. The first kappa shape index (κ1) is 18.9. The van der Waals surface area contributed by atoms with E-state index in [-0.39, 0.29) is 11.8 Å². The van der Waals surface area contributed by atoms with Crippen molar-refractivity contribution in [1.82, 2.24) is 9.88 Å². The summed E-state index contributed by atoms with van der Waals surface area (Å²) in [5, 5.41) is 11.6. The molecular weight excluding hydrogens is 362 g/mol. The van der Waals surface area contributed by atoms with Crippen LogP contribution in [0.15, 0.2) is 29.6 Å². The summed E-state index contributed by atoms with van der Waals surface area (Å²) in [6.45, 7) is 2.14. The minimum Gasteiger partial charge on any atom is -0.316 e. The predicted octanol–water partition coefficient (Wildman–Crippen LogP) is 2.70.